The number of halogens is 1. The van der Waals surface area contributed by atoms with Gasteiger partial charge in [-0.25, -0.2) is 0 Å². The molecule has 1 aliphatic heterocycles. The van der Waals surface area contributed by atoms with Gasteiger partial charge in [-0.05, 0) is 49.9 Å². The summed E-state index contributed by atoms with van der Waals surface area (Å²) in [6.07, 6.45) is 2.68. The van der Waals surface area contributed by atoms with E-state index in [1.807, 2.05) is 29.2 Å². The largest absolute Gasteiger partial charge is 0.344 e. The van der Waals surface area contributed by atoms with Gasteiger partial charge in [0, 0.05) is 37.6 Å². The van der Waals surface area contributed by atoms with Gasteiger partial charge in [-0.15, -0.1) is 0 Å². The molecule has 0 saturated carbocycles. The van der Waals surface area contributed by atoms with E-state index in [1.165, 1.54) is 5.56 Å². The minimum absolute atomic E-state index is 0.0444. The summed E-state index contributed by atoms with van der Waals surface area (Å²) in [6.45, 7) is 7.39. The first kappa shape index (κ1) is 21.7. The highest BCUT2D eigenvalue weighted by molar-refractivity contribution is 6.30. The Kier molecular flexibility index (Phi) is 8.58. The van der Waals surface area contributed by atoms with Crippen LogP contribution in [0.5, 0.6) is 0 Å². The summed E-state index contributed by atoms with van der Waals surface area (Å²) < 4.78 is 0. The molecule has 27 heavy (non-hydrogen) atoms. The number of benzene rings is 1. The number of likely N-dealkylation sites (N-methyl/N-ethyl adjacent to an activating group) is 1. The molecule has 1 aromatic rings. The number of rotatable bonds is 8. The van der Waals surface area contributed by atoms with Crippen LogP contribution in [-0.4, -0.2) is 60.9 Å². The highest BCUT2D eigenvalue weighted by Gasteiger charge is 2.28. The van der Waals surface area contributed by atoms with Crippen LogP contribution in [0, 0.1) is 5.92 Å². The summed E-state index contributed by atoms with van der Waals surface area (Å²) in [5.74, 6) is 0.362. The Morgan fingerprint density at radius 1 is 1.11 bits per heavy atom. The summed E-state index contributed by atoms with van der Waals surface area (Å²) in [6, 6.07) is 7.28. The lowest BCUT2D eigenvalue weighted by atomic mass is 10.0. The second kappa shape index (κ2) is 10.7. The normalized spacial score (nSPS) is 16.4. The summed E-state index contributed by atoms with van der Waals surface area (Å²) in [7, 11) is 2.07. The van der Waals surface area contributed by atoms with E-state index in [2.05, 4.69) is 31.1 Å². The molecule has 1 N–H and O–H groups in total. The van der Waals surface area contributed by atoms with E-state index in [1.54, 1.807) is 0 Å². The maximum atomic E-state index is 12.9. The fourth-order valence-corrected chi connectivity index (χ4v) is 3.44. The minimum atomic E-state index is -0.420. The quantitative estimate of drug-likeness (QED) is 0.738. The van der Waals surface area contributed by atoms with Crippen molar-refractivity contribution in [3.63, 3.8) is 0 Å². The van der Waals surface area contributed by atoms with Crippen molar-refractivity contribution in [3.8, 4) is 0 Å². The molecule has 1 aromatic carbocycles. The van der Waals surface area contributed by atoms with Crippen molar-refractivity contribution in [2.45, 2.75) is 45.6 Å². The molecular weight excluding hydrogens is 362 g/mol. The third-order valence-corrected chi connectivity index (χ3v) is 5.19. The van der Waals surface area contributed by atoms with Crippen molar-refractivity contribution >= 4 is 23.4 Å². The first-order chi connectivity index (χ1) is 12.8. The van der Waals surface area contributed by atoms with Crippen LogP contribution in [0.3, 0.4) is 0 Å². The summed E-state index contributed by atoms with van der Waals surface area (Å²) in [4.78, 5) is 29.4. The molecule has 1 aliphatic rings. The average molecular weight is 394 g/mol. The maximum absolute atomic E-state index is 12.9. The molecule has 1 saturated heterocycles. The van der Waals surface area contributed by atoms with E-state index >= 15 is 0 Å². The van der Waals surface area contributed by atoms with E-state index in [-0.39, 0.29) is 11.8 Å². The Morgan fingerprint density at radius 2 is 1.74 bits per heavy atom. The lowest BCUT2D eigenvalue weighted by molar-refractivity contribution is -0.138. The first-order valence-electron chi connectivity index (χ1n) is 9.86. The number of piperazine rings is 1. The van der Waals surface area contributed by atoms with Crippen molar-refractivity contribution in [1.29, 1.82) is 0 Å². The minimum Gasteiger partial charge on any atom is -0.344 e. The van der Waals surface area contributed by atoms with Gasteiger partial charge in [0.15, 0.2) is 0 Å². The molecule has 0 radical (unpaired) electrons. The molecule has 6 heteroatoms. The highest BCUT2D eigenvalue weighted by atomic mass is 35.5. The number of hydrogen-bond donors (Lipinski definition) is 1. The monoisotopic (exact) mass is 393 g/mol. The lowest BCUT2D eigenvalue weighted by Crippen LogP contribution is -2.54. The Labute approximate surface area is 168 Å². The maximum Gasteiger partial charge on any atom is 0.245 e. The summed E-state index contributed by atoms with van der Waals surface area (Å²) in [5, 5.41) is 3.71. The Bertz CT molecular complexity index is 610. The van der Waals surface area contributed by atoms with Gasteiger partial charge >= 0.3 is 0 Å². The highest BCUT2D eigenvalue weighted by Crippen LogP contribution is 2.13. The zero-order valence-corrected chi connectivity index (χ0v) is 17.5. The molecule has 0 unspecified atom stereocenters. The number of amides is 2. The van der Waals surface area contributed by atoms with E-state index in [0.717, 1.165) is 44.0 Å². The molecule has 150 valence electrons. The van der Waals surface area contributed by atoms with Crippen LogP contribution in [0.1, 0.15) is 38.7 Å². The van der Waals surface area contributed by atoms with Crippen LogP contribution in [0.4, 0.5) is 0 Å². The second-order valence-corrected chi connectivity index (χ2v) is 8.29. The molecule has 1 fully saturated rings. The first-order valence-corrected chi connectivity index (χ1v) is 10.2. The van der Waals surface area contributed by atoms with E-state index in [9.17, 15) is 9.59 Å². The summed E-state index contributed by atoms with van der Waals surface area (Å²) in [5.41, 5.74) is 1.17. The Hall–Kier alpha value is -1.59. The van der Waals surface area contributed by atoms with Crippen LogP contribution >= 0.6 is 11.6 Å². The van der Waals surface area contributed by atoms with Crippen LogP contribution in [0.15, 0.2) is 24.3 Å². The van der Waals surface area contributed by atoms with Crippen molar-refractivity contribution in [1.82, 2.24) is 15.1 Å². The van der Waals surface area contributed by atoms with Crippen LogP contribution in [-0.2, 0) is 16.0 Å². The Morgan fingerprint density at radius 3 is 2.33 bits per heavy atom. The SMILES string of the molecule is CC(C)C[C@@H](NC(=O)CCCc1ccc(Cl)cc1)C(=O)N1CCN(C)CC1. The summed E-state index contributed by atoms with van der Waals surface area (Å²) >= 11 is 5.89. The topological polar surface area (TPSA) is 52.7 Å². The molecule has 1 heterocycles. The second-order valence-electron chi connectivity index (χ2n) is 7.86. The number of carbonyl (C=O) groups is 2. The smallest absolute Gasteiger partial charge is 0.245 e. The van der Waals surface area contributed by atoms with Crippen LogP contribution < -0.4 is 5.32 Å². The molecule has 5 nitrogen and oxygen atoms in total. The van der Waals surface area contributed by atoms with Crippen LogP contribution in [0.2, 0.25) is 5.02 Å². The molecule has 0 aromatic heterocycles. The molecule has 2 rings (SSSR count). The van der Waals surface area contributed by atoms with E-state index in [4.69, 9.17) is 11.6 Å². The third kappa shape index (κ3) is 7.51. The van der Waals surface area contributed by atoms with Gasteiger partial charge in [0.25, 0.3) is 0 Å². The molecule has 0 spiro atoms. The van der Waals surface area contributed by atoms with E-state index < -0.39 is 6.04 Å². The van der Waals surface area contributed by atoms with Gasteiger partial charge < -0.3 is 15.1 Å². The number of carbonyl (C=O) groups excluding carboxylic acids is 2. The lowest BCUT2D eigenvalue weighted by Gasteiger charge is -2.35. The van der Waals surface area contributed by atoms with Gasteiger partial charge in [-0.3, -0.25) is 9.59 Å². The van der Waals surface area contributed by atoms with Gasteiger partial charge in [-0.1, -0.05) is 37.6 Å². The standard InChI is InChI=1S/C21H32ClN3O2/c1-16(2)15-19(21(27)25-13-11-24(3)12-14-25)23-20(26)6-4-5-17-7-9-18(22)10-8-17/h7-10,16,19H,4-6,11-15H2,1-3H3,(H,23,26)/t19-/m1/s1. The van der Waals surface area contributed by atoms with Gasteiger partial charge in [-0.2, -0.15) is 0 Å². The van der Waals surface area contributed by atoms with E-state index in [0.29, 0.717) is 18.8 Å². The van der Waals surface area contributed by atoms with Crippen molar-refractivity contribution in [2.24, 2.45) is 5.92 Å². The predicted molar refractivity (Wildman–Crippen MR) is 110 cm³/mol. The predicted octanol–water partition coefficient (Wildman–Crippen LogP) is 2.97. The number of nitrogens with one attached hydrogen (secondary N) is 1. The van der Waals surface area contributed by atoms with Gasteiger partial charge in [0.2, 0.25) is 11.8 Å². The van der Waals surface area contributed by atoms with Gasteiger partial charge in [0.1, 0.15) is 6.04 Å². The van der Waals surface area contributed by atoms with Crippen molar-refractivity contribution in [2.75, 3.05) is 33.2 Å². The molecule has 1 atom stereocenters. The molecule has 2 amide bonds. The number of nitrogens with zero attached hydrogens (tertiary/aromatic N) is 2. The fourth-order valence-electron chi connectivity index (χ4n) is 3.31. The number of aryl methyl sites for hydroxylation is 1. The third-order valence-electron chi connectivity index (χ3n) is 4.94. The fraction of sp³-hybridized carbons (Fsp3) is 0.619. The number of hydrogen-bond acceptors (Lipinski definition) is 3. The van der Waals surface area contributed by atoms with Crippen molar-refractivity contribution < 1.29 is 9.59 Å². The molecular formula is C21H32ClN3O2. The zero-order chi connectivity index (χ0) is 19.8. The molecule has 0 bridgehead atoms. The van der Waals surface area contributed by atoms with Crippen LogP contribution in [0.25, 0.3) is 0 Å². The average Bonchev–Trinajstić information content (AvgIpc) is 2.62. The Balaban J connectivity index is 1.83. The van der Waals surface area contributed by atoms with Crippen molar-refractivity contribution in [3.05, 3.63) is 34.9 Å². The van der Waals surface area contributed by atoms with Gasteiger partial charge in [0.05, 0.1) is 0 Å². The molecule has 0 aliphatic carbocycles. The zero-order valence-electron chi connectivity index (χ0n) is 16.7.